The average Bonchev–Trinajstić information content (AvgIpc) is 2.46. The molecule has 4 heteroatoms. The lowest BCUT2D eigenvalue weighted by Crippen LogP contribution is -3.17. The van der Waals surface area contributed by atoms with Crippen LogP contribution < -0.4 is 4.90 Å². The number of amides is 1. The van der Waals surface area contributed by atoms with Crippen LogP contribution in [0.15, 0.2) is 24.3 Å². The topological polar surface area (TPSA) is 24.8 Å². The van der Waals surface area contributed by atoms with Gasteiger partial charge in [-0.15, -0.1) is 0 Å². The molecule has 1 aromatic carbocycles. The maximum absolute atomic E-state index is 12.4. The molecule has 0 aliphatic carbocycles. The predicted octanol–water partition coefficient (Wildman–Crippen LogP) is 1.48. The van der Waals surface area contributed by atoms with Crippen LogP contribution in [0, 0.1) is 0 Å². The summed E-state index contributed by atoms with van der Waals surface area (Å²) in [5, 5.41) is 0.620. The van der Waals surface area contributed by atoms with E-state index >= 15 is 0 Å². The van der Waals surface area contributed by atoms with E-state index in [0.717, 1.165) is 26.2 Å². The summed E-state index contributed by atoms with van der Waals surface area (Å²) in [5.74, 6) is 0.103. The van der Waals surface area contributed by atoms with Crippen molar-refractivity contribution in [2.45, 2.75) is 26.3 Å². The predicted molar refractivity (Wildman–Crippen MR) is 77.8 cm³/mol. The number of halogens is 1. The zero-order valence-electron chi connectivity index (χ0n) is 11.7. The van der Waals surface area contributed by atoms with Crippen molar-refractivity contribution in [3.05, 3.63) is 34.9 Å². The summed E-state index contributed by atoms with van der Waals surface area (Å²) in [6.45, 7) is 8.27. The molecule has 1 saturated heterocycles. The normalized spacial score (nSPS) is 18.4. The Morgan fingerprint density at radius 3 is 2.68 bits per heavy atom. The van der Waals surface area contributed by atoms with E-state index in [9.17, 15) is 4.79 Å². The number of carbonyl (C=O) groups excluding carboxylic acids is 1. The van der Waals surface area contributed by atoms with E-state index in [1.165, 1.54) is 6.42 Å². The molecule has 0 bridgehead atoms. The highest BCUT2D eigenvalue weighted by Gasteiger charge is 2.26. The van der Waals surface area contributed by atoms with Crippen LogP contribution in [0.25, 0.3) is 0 Å². The Morgan fingerprint density at radius 1 is 1.42 bits per heavy atom. The number of nitrogens with one attached hydrogen (secondary N) is 1. The molecule has 0 radical (unpaired) electrons. The minimum atomic E-state index is 0.103. The number of rotatable bonds is 3. The average molecular weight is 282 g/mol. The van der Waals surface area contributed by atoms with Crippen molar-refractivity contribution in [1.29, 1.82) is 0 Å². The second kappa shape index (κ2) is 6.40. The second-order valence-corrected chi connectivity index (χ2v) is 5.71. The summed E-state index contributed by atoms with van der Waals surface area (Å²) in [6.07, 6.45) is 1.19. The fraction of sp³-hybridized carbons (Fsp3) is 0.533. The lowest BCUT2D eigenvalue weighted by molar-refractivity contribution is -0.927. The summed E-state index contributed by atoms with van der Waals surface area (Å²) >= 11 is 5.94. The van der Waals surface area contributed by atoms with E-state index < -0.39 is 0 Å². The van der Waals surface area contributed by atoms with Crippen LogP contribution in [0.4, 0.5) is 0 Å². The molecule has 1 aromatic rings. The van der Waals surface area contributed by atoms with Crippen molar-refractivity contribution < 1.29 is 9.69 Å². The lowest BCUT2D eigenvalue weighted by Gasteiger charge is -2.35. The van der Waals surface area contributed by atoms with Gasteiger partial charge in [0.1, 0.15) is 0 Å². The molecular weight excluding hydrogens is 260 g/mol. The van der Waals surface area contributed by atoms with Crippen LogP contribution in [-0.4, -0.2) is 43.0 Å². The third kappa shape index (κ3) is 3.48. The zero-order valence-corrected chi connectivity index (χ0v) is 12.4. The van der Waals surface area contributed by atoms with Gasteiger partial charge < -0.3 is 9.80 Å². The van der Waals surface area contributed by atoms with Crippen molar-refractivity contribution in [2.75, 3.05) is 26.2 Å². The molecule has 1 atom stereocenters. The molecule has 0 aromatic heterocycles. The molecule has 1 N–H and O–H groups in total. The molecule has 3 nitrogen and oxygen atoms in total. The molecule has 1 aliphatic heterocycles. The summed E-state index contributed by atoms with van der Waals surface area (Å²) in [4.78, 5) is 15.9. The van der Waals surface area contributed by atoms with Gasteiger partial charge in [-0.05, 0) is 31.5 Å². The third-order valence-electron chi connectivity index (χ3n) is 4.07. The monoisotopic (exact) mass is 281 g/mol. The number of piperazine rings is 1. The molecule has 19 heavy (non-hydrogen) atoms. The lowest BCUT2D eigenvalue weighted by atomic mass is 10.1. The van der Waals surface area contributed by atoms with Gasteiger partial charge in [-0.3, -0.25) is 4.79 Å². The number of hydrogen-bond acceptors (Lipinski definition) is 1. The van der Waals surface area contributed by atoms with Crippen molar-refractivity contribution in [3.63, 3.8) is 0 Å². The Balaban J connectivity index is 1.96. The Hall–Kier alpha value is -1.06. The van der Waals surface area contributed by atoms with Crippen molar-refractivity contribution in [3.8, 4) is 0 Å². The zero-order chi connectivity index (χ0) is 13.8. The van der Waals surface area contributed by atoms with E-state index in [2.05, 4.69) is 13.8 Å². The van der Waals surface area contributed by atoms with E-state index in [4.69, 9.17) is 11.6 Å². The fourth-order valence-corrected chi connectivity index (χ4v) is 2.77. The maximum atomic E-state index is 12.4. The molecule has 1 fully saturated rings. The fourth-order valence-electron chi connectivity index (χ4n) is 2.58. The van der Waals surface area contributed by atoms with Gasteiger partial charge in [0.25, 0.3) is 5.91 Å². The van der Waals surface area contributed by atoms with Crippen LogP contribution >= 0.6 is 11.6 Å². The summed E-state index contributed by atoms with van der Waals surface area (Å²) in [6, 6.07) is 7.89. The van der Waals surface area contributed by atoms with E-state index in [-0.39, 0.29) is 5.91 Å². The van der Waals surface area contributed by atoms with Crippen LogP contribution in [0.2, 0.25) is 5.02 Å². The molecule has 2 rings (SSSR count). The molecule has 0 unspecified atom stereocenters. The van der Waals surface area contributed by atoms with Gasteiger partial charge in [0.2, 0.25) is 0 Å². The third-order valence-corrected chi connectivity index (χ3v) is 4.31. The van der Waals surface area contributed by atoms with E-state index in [0.29, 0.717) is 16.6 Å². The Bertz CT molecular complexity index is 442. The highest BCUT2D eigenvalue weighted by Crippen LogP contribution is 2.12. The summed E-state index contributed by atoms with van der Waals surface area (Å²) < 4.78 is 0. The number of nitrogens with zero attached hydrogens (tertiary/aromatic N) is 1. The first-order valence-electron chi connectivity index (χ1n) is 7.01. The van der Waals surface area contributed by atoms with Crippen molar-refractivity contribution >= 4 is 17.5 Å². The number of quaternary nitrogens is 1. The first-order valence-corrected chi connectivity index (χ1v) is 7.39. The van der Waals surface area contributed by atoms with Gasteiger partial charge in [-0.2, -0.15) is 0 Å². The highest BCUT2D eigenvalue weighted by atomic mass is 35.5. The van der Waals surface area contributed by atoms with Crippen LogP contribution in [0.5, 0.6) is 0 Å². The van der Waals surface area contributed by atoms with Gasteiger partial charge in [0, 0.05) is 10.6 Å². The first kappa shape index (κ1) is 14.4. The van der Waals surface area contributed by atoms with Crippen LogP contribution in [-0.2, 0) is 0 Å². The minimum Gasteiger partial charge on any atom is -0.330 e. The Labute approximate surface area is 120 Å². The van der Waals surface area contributed by atoms with Crippen LogP contribution in [0.3, 0.4) is 0 Å². The smallest absolute Gasteiger partial charge is 0.254 e. The summed E-state index contributed by atoms with van der Waals surface area (Å²) in [5.41, 5.74) is 0.694. The quantitative estimate of drug-likeness (QED) is 0.892. The van der Waals surface area contributed by atoms with Gasteiger partial charge in [-0.25, -0.2) is 0 Å². The highest BCUT2D eigenvalue weighted by molar-refractivity contribution is 6.30. The molecular formula is C15H22ClN2O+. The largest absolute Gasteiger partial charge is 0.330 e. The van der Waals surface area contributed by atoms with Crippen molar-refractivity contribution in [2.24, 2.45) is 0 Å². The minimum absolute atomic E-state index is 0.103. The number of carbonyl (C=O) groups is 1. The molecule has 1 amide bonds. The number of hydrogen-bond donors (Lipinski definition) is 1. The second-order valence-electron chi connectivity index (χ2n) is 5.27. The van der Waals surface area contributed by atoms with Gasteiger partial charge in [0.05, 0.1) is 32.2 Å². The van der Waals surface area contributed by atoms with Crippen molar-refractivity contribution in [1.82, 2.24) is 4.90 Å². The Morgan fingerprint density at radius 2 is 2.11 bits per heavy atom. The van der Waals surface area contributed by atoms with Gasteiger partial charge in [0.15, 0.2) is 0 Å². The Kier molecular flexibility index (Phi) is 4.83. The SMILES string of the molecule is CC[C@@H](C)[NH+]1CCN(C(=O)c2cccc(Cl)c2)CC1. The van der Waals surface area contributed by atoms with E-state index in [1.807, 2.05) is 17.0 Å². The molecule has 104 valence electrons. The summed E-state index contributed by atoms with van der Waals surface area (Å²) in [7, 11) is 0. The van der Waals surface area contributed by atoms with Gasteiger partial charge in [-0.1, -0.05) is 24.6 Å². The van der Waals surface area contributed by atoms with E-state index in [1.54, 1.807) is 17.0 Å². The molecule has 0 saturated carbocycles. The molecule has 0 spiro atoms. The maximum Gasteiger partial charge on any atom is 0.254 e. The van der Waals surface area contributed by atoms with Gasteiger partial charge >= 0.3 is 0 Å². The standard InChI is InChI=1S/C15H21ClN2O/c1-3-12(2)17-7-9-18(10-8-17)15(19)13-5-4-6-14(16)11-13/h4-6,11-12H,3,7-10H2,1-2H3/p+1/t12-/m1/s1. The molecule has 1 heterocycles. The first-order chi connectivity index (χ1) is 9.11. The molecule has 1 aliphatic rings. The van der Waals surface area contributed by atoms with Crippen LogP contribution in [0.1, 0.15) is 30.6 Å². The number of benzene rings is 1.